The quantitative estimate of drug-likeness (QED) is 0.544. The van der Waals surface area contributed by atoms with Gasteiger partial charge in [0.15, 0.2) is 23.1 Å². The number of hydrogen-bond acceptors (Lipinski definition) is 1. The molecule has 0 saturated carbocycles. The summed E-state index contributed by atoms with van der Waals surface area (Å²) in [5.74, 6) is -0.570. The highest BCUT2D eigenvalue weighted by molar-refractivity contribution is 5.43. The van der Waals surface area contributed by atoms with E-state index in [1.807, 2.05) is 12.1 Å². The highest BCUT2D eigenvalue weighted by atomic mass is 19.1. The Morgan fingerprint density at radius 1 is 0.739 bits per heavy atom. The second-order valence-electron chi connectivity index (χ2n) is 5.77. The van der Waals surface area contributed by atoms with Gasteiger partial charge in [-0.1, -0.05) is 51.0 Å². The maximum absolute atomic E-state index is 14.2. The largest absolute Gasteiger partial charge is 0.451 e. The van der Waals surface area contributed by atoms with Gasteiger partial charge in [0.25, 0.3) is 0 Å². The highest BCUT2D eigenvalue weighted by Crippen LogP contribution is 2.34. The van der Waals surface area contributed by atoms with E-state index in [2.05, 4.69) is 13.8 Å². The fraction of sp³-hybridized carbons (Fsp3) is 0.400. The number of benzene rings is 2. The van der Waals surface area contributed by atoms with E-state index in [-0.39, 0.29) is 11.5 Å². The SMILES string of the molecule is CCCCc1cccc(F)c1Oc1c(F)cccc1CCCC. The van der Waals surface area contributed by atoms with Crippen molar-refractivity contribution >= 4 is 0 Å². The molecule has 0 amide bonds. The first kappa shape index (κ1) is 17.5. The van der Waals surface area contributed by atoms with Gasteiger partial charge >= 0.3 is 0 Å². The molecule has 0 aliphatic carbocycles. The molecular formula is C20H24F2O. The minimum absolute atomic E-state index is 0.156. The number of ether oxygens (including phenoxy) is 1. The van der Waals surface area contributed by atoms with Crippen molar-refractivity contribution in [3.8, 4) is 11.5 Å². The van der Waals surface area contributed by atoms with Crippen LogP contribution in [-0.2, 0) is 12.8 Å². The second kappa shape index (κ2) is 8.66. The van der Waals surface area contributed by atoms with Crippen molar-refractivity contribution in [2.24, 2.45) is 0 Å². The molecule has 3 heteroatoms. The van der Waals surface area contributed by atoms with Gasteiger partial charge in [0.1, 0.15) is 0 Å². The van der Waals surface area contributed by atoms with Gasteiger partial charge in [-0.2, -0.15) is 0 Å². The molecule has 0 fully saturated rings. The number of rotatable bonds is 8. The molecule has 1 nitrogen and oxygen atoms in total. The molecule has 2 aromatic carbocycles. The predicted molar refractivity (Wildman–Crippen MR) is 90.1 cm³/mol. The standard InChI is InChI=1S/C20H24F2O/c1-3-5-9-15-11-7-13-17(21)19(15)23-20-16(10-6-4-2)12-8-14-18(20)22/h7-8,11-14H,3-6,9-10H2,1-2H3. The molecule has 0 bridgehead atoms. The van der Waals surface area contributed by atoms with Gasteiger partial charge in [0.2, 0.25) is 0 Å². The van der Waals surface area contributed by atoms with Crippen LogP contribution in [-0.4, -0.2) is 0 Å². The van der Waals surface area contributed by atoms with Crippen molar-refractivity contribution in [3.05, 3.63) is 59.2 Å². The van der Waals surface area contributed by atoms with Crippen molar-refractivity contribution in [2.45, 2.75) is 52.4 Å². The van der Waals surface area contributed by atoms with Gasteiger partial charge in [-0.15, -0.1) is 0 Å². The lowest BCUT2D eigenvalue weighted by atomic mass is 10.1. The summed E-state index contributed by atoms with van der Waals surface area (Å²) in [4.78, 5) is 0. The van der Waals surface area contributed by atoms with Crippen LogP contribution in [0.5, 0.6) is 11.5 Å². The molecule has 124 valence electrons. The Kier molecular flexibility index (Phi) is 6.57. The van der Waals surface area contributed by atoms with Gasteiger partial charge in [0.05, 0.1) is 0 Å². The third-order valence-corrected chi connectivity index (χ3v) is 3.90. The summed E-state index contributed by atoms with van der Waals surface area (Å²) in [7, 11) is 0. The third kappa shape index (κ3) is 4.54. The van der Waals surface area contributed by atoms with Crippen molar-refractivity contribution in [1.82, 2.24) is 0 Å². The van der Waals surface area contributed by atoms with Gasteiger partial charge in [0, 0.05) is 0 Å². The molecule has 0 saturated heterocycles. The van der Waals surface area contributed by atoms with E-state index in [0.717, 1.165) is 49.7 Å². The number of unbranched alkanes of at least 4 members (excludes halogenated alkanes) is 2. The van der Waals surface area contributed by atoms with Crippen LogP contribution in [0.3, 0.4) is 0 Å². The van der Waals surface area contributed by atoms with Crippen molar-refractivity contribution in [2.75, 3.05) is 0 Å². The van der Waals surface area contributed by atoms with E-state index in [4.69, 9.17) is 4.74 Å². The fourth-order valence-electron chi connectivity index (χ4n) is 2.57. The van der Waals surface area contributed by atoms with Crippen LogP contribution < -0.4 is 4.74 Å². The average Bonchev–Trinajstić information content (AvgIpc) is 2.55. The number of para-hydroxylation sites is 2. The minimum Gasteiger partial charge on any atom is -0.451 e. The highest BCUT2D eigenvalue weighted by Gasteiger charge is 2.16. The van der Waals surface area contributed by atoms with Gasteiger partial charge in [-0.25, -0.2) is 8.78 Å². The Balaban J connectivity index is 2.35. The van der Waals surface area contributed by atoms with E-state index in [1.54, 1.807) is 12.1 Å². The topological polar surface area (TPSA) is 9.23 Å². The van der Waals surface area contributed by atoms with Crippen molar-refractivity contribution < 1.29 is 13.5 Å². The summed E-state index contributed by atoms with van der Waals surface area (Å²) in [6.07, 6.45) is 5.36. The van der Waals surface area contributed by atoms with Crippen LogP contribution in [0.25, 0.3) is 0 Å². The molecule has 0 N–H and O–H groups in total. The van der Waals surface area contributed by atoms with Crippen LogP contribution in [0.15, 0.2) is 36.4 Å². The second-order valence-corrected chi connectivity index (χ2v) is 5.77. The molecule has 0 aromatic heterocycles. The zero-order chi connectivity index (χ0) is 16.7. The first-order chi connectivity index (χ1) is 11.2. The zero-order valence-electron chi connectivity index (χ0n) is 13.9. The monoisotopic (exact) mass is 318 g/mol. The van der Waals surface area contributed by atoms with Crippen LogP contribution >= 0.6 is 0 Å². The molecule has 0 aliphatic heterocycles. The maximum atomic E-state index is 14.2. The van der Waals surface area contributed by atoms with Crippen LogP contribution in [0, 0.1) is 11.6 Å². The molecule has 23 heavy (non-hydrogen) atoms. The first-order valence-corrected chi connectivity index (χ1v) is 8.40. The molecular weight excluding hydrogens is 294 g/mol. The van der Waals surface area contributed by atoms with E-state index in [9.17, 15) is 8.78 Å². The summed E-state index contributed by atoms with van der Waals surface area (Å²) in [6.45, 7) is 4.17. The van der Waals surface area contributed by atoms with Crippen LogP contribution in [0.4, 0.5) is 8.78 Å². The normalized spacial score (nSPS) is 10.8. The maximum Gasteiger partial charge on any atom is 0.166 e. The Hall–Kier alpha value is -1.90. The Labute approximate surface area is 137 Å². The summed E-state index contributed by atoms with van der Waals surface area (Å²) >= 11 is 0. The fourth-order valence-corrected chi connectivity index (χ4v) is 2.57. The average molecular weight is 318 g/mol. The first-order valence-electron chi connectivity index (χ1n) is 8.40. The smallest absolute Gasteiger partial charge is 0.166 e. The molecule has 0 spiro atoms. The van der Waals surface area contributed by atoms with Crippen molar-refractivity contribution in [1.29, 1.82) is 0 Å². The lowest BCUT2D eigenvalue weighted by Crippen LogP contribution is -2.00. The van der Waals surface area contributed by atoms with Gasteiger partial charge in [-0.05, 0) is 48.9 Å². The summed E-state index contributed by atoms with van der Waals surface area (Å²) in [5, 5.41) is 0. The van der Waals surface area contributed by atoms with Gasteiger partial charge < -0.3 is 4.74 Å². The van der Waals surface area contributed by atoms with Crippen molar-refractivity contribution in [3.63, 3.8) is 0 Å². The van der Waals surface area contributed by atoms with Gasteiger partial charge in [-0.3, -0.25) is 0 Å². The van der Waals surface area contributed by atoms with E-state index >= 15 is 0 Å². The molecule has 0 radical (unpaired) electrons. The molecule has 0 atom stereocenters. The van der Waals surface area contributed by atoms with E-state index in [1.165, 1.54) is 12.1 Å². The minimum atomic E-state index is -0.441. The molecule has 2 aromatic rings. The molecule has 0 heterocycles. The summed E-state index contributed by atoms with van der Waals surface area (Å²) < 4.78 is 34.2. The summed E-state index contributed by atoms with van der Waals surface area (Å²) in [5.41, 5.74) is 1.58. The number of hydrogen-bond donors (Lipinski definition) is 0. The van der Waals surface area contributed by atoms with Crippen LogP contribution in [0.2, 0.25) is 0 Å². The van der Waals surface area contributed by atoms with E-state index < -0.39 is 11.6 Å². The van der Waals surface area contributed by atoms with E-state index in [0.29, 0.717) is 0 Å². The Morgan fingerprint density at radius 3 is 1.57 bits per heavy atom. The Bertz CT molecular complexity index is 582. The zero-order valence-corrected chi connectivity index (χ0v) is 13.9. The Morgan fingerprint density at radius 2 is 1.17 bits per heavy atom. The molecule has 0 aliphatic rings. The number of aryl methyl sites for hydroxylation is 2. The molecule has 2 rings (SSSR count). The predicted octanol–water partition coefficient (Wildman–Crippen LogP) is 6.44. The number of halogens is 2. The lowest BCUT2D eigenvalue weighted by molar-refractivity contribution is 0.404. The summed E-state index contributed by atoms with van der Waals surface area (Å²) in [6, 6.07) is 9.76. The lowest BCUT2D eigenvalue weighted by Gasteiger charge is -2.15. The molecule has 0 unspecified atom stereocenters. The third-order valence-electron chi connectivity index (χ3n) is 3.90. The van der Waals surface area contributed by atoms with Crippen LogP contribution in [0.1, 0.15) is 50.7 Å².